The third-order valence-electron chi connectivity index (χ3n) is 2.28. The van der Waals surface area contributed by atoms with Gasteiger partial charge in [0, 0.05) is 24.8 Å². The Labute approximate surface area is 90.0 Å². The number of aromatic nitrogens is 2. The molecule has 1 heterocycles. The van der Waals surface area contributed by atoms with Crippen molar-refractivity contribution in [2.75, 3.05) is 19.1 Å². The van der Waals surface area contributed by atoms with E-state index in [-0.39, 0.29) is 0 Å². The van der Waals surface area contributed by atoms with E-state index in [0.717, 1.165) is 29.3 Å². The van der Waals surface area contributed by atoms with E-state index in [4.69, 9.17) is 10.6 Å². The Kier molecular flexibility index (Phi) is 4.45. The third-order valence-corrected chi connectivity index (χ3v) is 2.28. The van der Waals surface area contributed by atoms with Gasteiger partial charge in [-0.05, 0) is 13.3 Å². The molecule has 0 bridgehead atoms. The van der Waals surface area contributed by atoms with Crippen LogP contribution in [0.25, 0.3) is 0 Å². The van der Waals surface area contributed by atoms with Gasteiger partial charge >= 0.3 is 0 Å². The predicted octanol–water partition coefficient (Wildman–Crippen LogP) is 0.822. The Morgan fingerprint density at radius 3 is 2.67 bits per heavy atom. The van der Waals surface area contributed by atoms with E-state index in [0.29, 0.717) is 13.0 Å². The fourth-order valence-corrected chi connectivity index (χ4v) is 1.50. The first kappa shape index (κ1) is 11.9. The lowest BCUT2D eigenvalue weighted by Crippen LogP contribution is -2.15. The van der Waals surface area contributed by atoms with Gasteiger partial charge in [0.25, 0.3) is 0 Å². The molecule has 5 heteroatoms. The number of hydrazine groups is 1. The molecular formula is C10H18N4O. The van der Waals surface area contributed by atoms with Crippen LogP contribution in [0.3, 0.4) is 0 Å². The van der Waals surface area contributed by atoms with Crippen LogP contribution < -0.4 is 11.3 Å². The summed E-state index contributed by atoms with van der Waals surface area (Å²) in [7, 11) is 1.66. The van der Waals surface area contributed by atoms with Crippen molar-refractivity contribution in [3.8, 4) is 0 Å². The Morgan fingerprint density at radius 2 is 2.13 bits per heavy atom. The average molecular weight is 210 g/mol. The number of anilines is 1. The number of nitrogens with one attached hydrogen (secondary N) is 1. The molecule has 0 amide bonds. The number of nitrogens with two attached hydrogens (primary N) is 1. The first-order valence-electron chi connectivity index (χ1n) is 5.04. The van der Waals surface area contributed by atoms with E-state index in [1.807, 2.05) is 6.92 Å². The summed E-state index contributed by atoms with van der Waals surface area (Å²) in [6.07, 6.45) is 1.58. The molecule has 3 N–H and O–H groups in total. The number of nitrogen functional groups attached to an aromatic ring is 1. The van der Waals surface area contributed by atoms with Crippen molar-refractivity contribution in [1.82, 2.24) is 9.97 Å². The molecule has 0 saturated carbocycles. The largest absolute Gasteiger partial charge is 0.384 e. The van der Waals surface area contributed by atoms with Gasteiger partial charge in [0.15, 0.2) is 0 Å². The average Bonchev–Trinajstić information content (AvgIpc) is 2.25. The zero-order valence-electron chi connectivity index (χ0n) is 9.50. The maximum absolute atomic E-state index is 5.42. The van der Waals surface area contributed by atoms with E-state index in [9.17, 15) is 0 Å². The van der Waals surface area contributed by atoms with E-state index >= 15 is 0 Å². The Bertz CT molecular complexity index is 327. The highest BCUT2D eigenvalue weighted by molar-refractivity contribution is 5.45. The second-order valence-corrected chi connectivity index (χ2v) is 3.29. The van der Waals surface area contributed by atoms with Crippen LogP contribution in [-0.2, 0) is 17.6 Å². The van der Waals surface area contributed by atoms with Crippen LogP contribution in [0.15, 0.2) is 0 Å². The predicted molar refractivity (Wildman–Crippen MR) is 59.5 cm³/mol. The van der Waals surface area contributed by atoms with Crippen LogP contribution in [0.5, 0.6) is 0 Å². The minimum absolute atomic E-state index is 0.620. The summed E-state index contributed by atoms with van der Waals surface area (Å²) in [5.41, 5.74) is 4.66. The van der Waals surface area contributed by atoms with Crippen molar-refractivity contribution in [2.45, 2.75) is 26.7 Å². The smallest absolute Gasteiger partial charge is 0.147 e. The molecule has 0 atom stereocenters. The minimum Gasteiger partial charge on any atom is -0.384 e. The molecule has 0 aliphatic rings. The Morgan fingerprint density at radius 1 is 1.40 bits per heavy atom. The van der Waals surface area contributed by atoms with Gasteiger partial charge in [-0.15, -0.1) is 0 Å². The highest BCUT2D eigenvalue weighted by Crippen LogP contribution is 2.15. The molecule has 1 aromatic rings. The second-order valence-electron chi connectivity index (χ2n) is 3.29. The Balaban J connectivity index is 2.97. The van der Waals surface area contributed by atoms with E-state index < -0.39 is 0 Å². The normalized spacial score (nSPS) is 10.4. The molecule has 0 aromatic carbocycles. The molecule has 84 valence electrons. The number of aryl methyl sites for hydroxylation is 1. The fraction of sp³-hybridized carbons (Fsp3) is 0.600. The Hall–Kier alpha value is -1.20. The van der Waals surface area contributed by atoms with Gasteiger partial charge in [0.2, 0.25) is 0 Å². The van der Waals surface area contributed by atoms with Crippen LogP contribution in [-0.4, -0.2) is 23.7 Å². The summed E-state index contributed by atoms with van der Waals surface area (Å²) in [5, 5.41) is 0. The number of hydrogen-bond donors (Lipinski definition) is 2. The fourth-order valence-electron chi connectivity index (χ4n) is 1.50. The van der Waals surface area contributed by atoms with Gasteiger partial charge in [0.1, 0.15) is 11.6 Å². The van der Waals surface area contributed by atoms with Crippen molar-refractivity contribution in [3.63, 3.8) is 0 Å². The lowest BCUT2D eigenvalue weighted by Gasteiger charge is -2.10. The van der Waals surface area contributed by atoms with Gasteiger partial charge in [-0.2, -0.15) is 0 Å². The molecule has 1 rings (SSSR count). The molecule has 0 aliphatic heterocycles. The zero-order chi connectivity index (χ0) is 11.3. The molecule has 15 heavy (non-hydrogen) atoms. The summed E-state index contributed by atoms with van der Waals surface area (Å²) < 4.78 is 4.98. The van der Waals surface area contributed by atoms with Crippen molar-refractivity contribution in [1.29, 1.82) is 0 Å². The summed E-state index contributed by atoms with van der Waals surface area (Å²) in [4.78, 5) is 8.74. The lowest BCUT2D eigenvalue weighted by atomic mass is 10.1. The van der Waals surface area contributed by atoms with Crippen molar-refractivity contribution in [3.05, 3.63) is 17.1 Å². The van der Waals surface area contributed by atoms with Crippen molar-refractivity contribution in [2.24, 2.45) is 5.84 Å². The molecule has 5 nitrogen and oxygen atoms in total. The molecule has 0 radical (unpaired) electrons. The summed E-state index contributed by atoms with van der Waals surface area (Å²) >= 11 is 0. The number of methoxy groups -OCH3 is 1. The molecule has 0 fully saturated rings. The first-order valence-corrected chi connectivity index (χ1v) is 5.04. The van der Waals surface area contributed by atoms with Gasteiger partial charge in [-0.25, -0.2) is 15.8 Å². The number of ether oxygens (including phenoxy) is 1. The second kappa shape index (κ2) is 5.63. The monoisotopic (exact) mass is 210 g/mol. The quantitative estimate of drug-likeness (QED) is 0.556. The van der Waals surface area contributed by atoms with Crippen LogP contribution in [0.4, 0.5) is 5.82 Å². The maximum atomic E-state index is 5.42. The molecule has 1 aromatic heterocycles. The minimum atomic E-state index is 0.620. The van der Waals surface area contributed by atoms with Gasteiger partial charge < -0.3 is 10.2 Å². The standard InChI is InChI=1S/C10H18N4O/c1-4-8-7(2)12-9(5-6-15-3)13-10(8)14-11/h4-6,11H2,1-3H3,(H,12,13,14). The summed E-state index contributed by atoms with van der Waals surface area (Å²) in [6, 6.07) is 0. The van der Waals surface area contributed by atoms with E-state index in [2.05, 4.69) is 22.3 Å². The number of hydrogen-bond acceptors (Lipinski definition) is 5. The SMILES string of the molecule is CCc1c(C)nc(CCOC)nc1NN. The highest BCUT2D eigenvalue weighted by atomic mass is 16.5. The summed E-state index contributed by atoms with van der Waals surface area (Å²) in [6.45, 7) is 4.65. The maximum Gasteiger partial charge on any atom is 0.147 e. The van der Waals surface area contributed by atoms with Gasteiger partial charge in [-0.3, -0.25) is 0 Å². The van der Waals surface area contributed by atoms with E-state index in [1.165, 1.54) is 0 Å². The molecule has 0 aliphatic carbocycles. The van der Waals surface area contributed by atoms with Crippen LogP contribution in [0.1, 0.15) is 24.0 Å². The highest BCUT2D eigenvalue weighted by Gasteiger charge is 2.08. The van der Waals surface area contributed by atoms with Gasteiger partial charge in [0.05, 0.1) is 6.61 Å². The van der Waals surface area contributed by atoms with Crippen LogP contribution >= 0.6 is 0 Å². The molecule has 0 saturated heterocycles. The molecular weight excluding hydrogens is 192 g/mol. The number of nitrogens with zero attached hydrogens (tertiary/aromatic N) is 2. The third kappa shape index (κ3) is 2.87. The van der Waals surface area contributed by atoms with Crippen LogP contribution in [0.2, 0.25) is 0 Å². The van der Waals surface area contributed by atoms with Crippen molar-refractivity contribution >= 4 is 5.82 Å². The zero-order valence-corrected chi connectivity index (χ0v) is 9.50. The van der Waals surface area contributed by atoms with Crippen molar-refractivity contribution < 1.29 is 4.74 Å². The van der Waals surface area contributed by atoms with Crippen LogP contribution in [0, 0.1) is 6.92 Å². The topological polar surface area (TPSA) is 73.1 Å². The lowest BCUT2D eigenvalue weighted by molar-refractivity contribution is 0.200. The van der Waals surface area contributed by atoms with E-state index in [1.54, 1.807) is 7.11 Å². The number of rotatable bonds is 5. The first-order chi connectivity index (χ1) is 7.22. The molecule has 0 unspecified atom stereocenters. The van der Waals surface area contributed by atoms with Gasteiger partial charge in [-0.1, -0.05) is 6.92 Å². The molecule has 0 spiro atoms. The summed E-state index contributed by atoms with van der Waals surface area (Å²) in [5.74, 6) is 6.90.